The summed E-state index contributed by atoms with van der Waals surface area (Å²) in [6.07, 6.45) is 4.49. The van der Waals surface area contributed by atoms with E-state index in [0.717, 1.165) is 25.0 Å². The number of carbonyl (C=O) groups is 1. The summed E-state index contributed by atoms with van der Waals surface area (Å²) in [6, 6.07) is 10.5. The molecule has 0 aromatic heterocycles. The first-order valence-electron chi connectivity index (χ1n) is 7.20. The van der Waals surface area contributed by atoms with Crippen molar-refractivity contribution in [3.8, 4) is 0 Å². The smallest absolute Gasteiger partial charge is 0.193 e. The van der Waals surface area contributed by atoms with Gasteiger partial charge in [0, 0.05) is 11.1 Å². The summed E-state index contributed by atoms with van der Waals surface area (Å²) in [5, 5.41) is 0. The van der Waals surface area contributed by atoms with Crippen LogP contribution >= 0.6 is 0 Å². The highest BCUT2D eigenvalue weighted by atomic mass is 19.2. The lowest BCUT2D eigenvalue weighted by Gasteiger charge is -2.04. The van der Waals surface area contributed by atoms with Gasteiger partial charge in [0.15, 0.2) is 17.4 Å². The highest BCUT2D eigenvalue weighted by Crippen LogP contribution is 2.15. The Kier molecular flexibility index (Phi) is 5.20. The molecule has 0 radical (unpaired) electrons. The van der Waals surface area contributed by atoms with Gasteiger partial charge in [0.1, 0.15) is 0 Å². The van der Waals surface area contributed by atoms with Crippen LogP contribution in [0.25, 0.3) is 0 Å². The Labute approximate surface area is 123 Å². The third-order valence-electron chi connectivity index (χ3n) is 3.47. The Morgan fingerprint density at radius 2 is 1.57 bits per heavy atom. The van der Waals surface area contributed by atoms with Gasteiger partial charge in [-0.05, 0) is 36.6 Å². The monoisotopic (exact) mass is 288 g/mol. The molecule has 0 N–H and O–H groups in total. The molecule has 3 heteroatoms. The van der Waals surface area contributed by atoms with E-state index in [9.17, 15) is 13.6 Å². The topological polar surface area (TPSA) is 17.1 Å². The van der Waals surface area contributed by atoms with Gasteiger partial charge in [-0.3, -0.25) is 4.79 Å². The van der Waals surface area contributed by atoms with Crippen LogP contribution in [0.5, 0.6) is 0 Å². The Morgan fingerprint density at radius 3 is 2.19 bits per heavy atom. The first-order chi connectivity index (χ1) is 10.1. The molecule has 0 spiro atoms. The third kappa shape index (κ3) is 3.97. The number of halogens is 2. The van der Waals surface area contributed by atoms with Crippen molar-refractivity contribution in [2.75, 3.05) is 0 Å². The van der Waals surface area contributed by atoms with Crippen molar-refractivity contribution in [2.45, 2.75) is 32.6 Å². The van der Waals surface area contributed by atoms with Gasteiger partial charge in [-0.1, -0.05) is 44.0 Å². The summed E-state index contributed by atoms with van der Waals surface area (Å²) in [6.45, 7) is 2.16. The summed E-state index contributed by atoms with van der Waals surface area (Å²) >= 11 is 0. The van der Waals surface area contributed by atoms with Gasteiger partial charge in [0.2, 0.25) is 0 Å². The predicted molar refractivity (Wildman–Crippen MR) is 79.5 cm³/mol. The molecule has 0 bridgehead atoms. The fourth-order valence-corrected chi connectivity index (χ4v) is 2.21. The Bertz CT molecular complexity index is 618. The van der Waals surface area contributed by atoms with Crippen molar-refractivity contribution in [3.05, 3.63) is 70.8 Å². The van der Waals surface area contributed by atoms with Gasteiger partial charge >= 0.3 is 0 Å². The molecule has 0 aliphatic carbocycles. The second-order valence-electron chi connectivity index (χ2n) is 5.11. The highest BCUT2D eigenvalue weighted by Gasteiger charge is 2.11. The van der Waals surface area contributed by atoms with E-state index in [1.165, 1.54) is 24.5 Å². The summed E-state index contributed by atoms with van der Waals surface area (Å²) in [7, 11) is 0. The van der Waals surface area contributed by atoms with Crippen molar-refractivity contribution in [2.24, 2.45) is 0 Å². The molecule has 0 atom stereocenters. The minimum atomic E-state index is -1.00. The lowest BCUT2D eigenvalue weighted by Crippen LogP contribution is -2.02. The second kappa shape index (κ2) is 7.11. The first kappa shape index (κ1) is 15.4. The standard InChI is InChI=1S/C18H18F2O/c1-2-3-4-5-13-6-8-14(9-7-13)18(21)15-10-11-16(19)17(20)12-15/h6-12H,2-5H2,1H3. The third-order valence-corrected chi connectivity index (χ3v) is 3.47. The van der Waals surface area contributed by atoms with Gasteiger partial charge in [-0.25, -0.2) is 8.78 Å². The van der Waals surface area contributed by atoms with E-state index in [2.05, 4.69) is 6.92 Å². The fourth-order valence-electron chi connectivity index (χ4n) is 2.21. The molecule has 0 aliphatic rings. The van der Waals surface area contributed by atoms with E-state index in [1.54, 1.807) is 12.1 Å². The summed E-state index contributed by atoms with van der Waals surface area (Å²) in [5.41, 5.74) is 1.83. The zero-order valence-corrected chi connectivity index (χ0v) is 12.0. The molecule has 1 nitrogen and oxygen atoms in total. The summed E-state index contributed by atoms with van der Waals surface area (Å²) < 4.78 is 26.0. The molecule has 0 amide bonds. The number of rotatable bonds is 6. The van der Waals surface area contributed by atoms with E-state index in [4.69, 9.17) is 0 Å². The number of unbranched alkanes of at least 4 members (excludes halogenated alkanes) is 2. The highest BCUT2D eigenvalue weighted by molar-refractivity contribution is 6.08. The van der Waals surface area contributed by atoms with Crippen LogP contribution in [0.1, 0.15) is 47.7 Å². The van der Waals surface area contributed by atoms with Crippen LogP contribution in [-0.2, 0) is 6.42 Å². The lowest BCUT2D eigenvalue weighted by atomic mass is 10.00. The van der Waals surface area contributed by atoms with Crippen LogP contribution in [0.15, 0.2) is 42.5 Å². The zero-order chi connectivity index (χ0) is 15.2. The van der Waals surface area contributed by atoms with Gasteiger partial charge in [0.05, 0.1) is 0 Å². The predicted octanol–water partition coefficient (Wildman–Crippen LogP) is 4.93. The maximum atomic E-state index is 13.2. The van der Waals surface area contributed by atoms with Crippen molar-refractivity contribution >= 4 is 5.78 Å². The average Bonchev–Trinajstić information content (AvgIpc) is 2.50. The van der Waals surface area contributed by atoms with E-state index < -0.39 is 11.6 Å². The Morgan fingerprint density at radius 1 is 0.905 bits per heavy atom. The van der Waals surface area contributed by atoms with Crippen LogP contribution in [0.3, 0.4) is 0 Å². The molecular formula is C18H18F2O. The summed E-state index contributed by atoms with van der Waals surface area (Å²) in [5.74, 6) is -2.25. The van der Waals surface area contributed by atoms with E-state index in [1.807, 2.05) is 12.1 Å². The molecule has 0 saturated carbocycles. The van der Waals surface area contributed by atoms with Crippen LogP contribution in [0.4, 0.5) is 8.78 Å². The Hall–Kier alpha value is -2.03. The SMILES string of the molecule is CCCCCc1ccc(C(=O)c2ccc(F)c(F)c2)cc1. The number of aryl methyl sites for hydroxylation is 1. The first-order valence-corrected chi connectivity index (χ1v) is 7.20. The molecule has 0 aliphatic heterocycles. The number of carbonyl (C=O) groups excluding carboxylic acids is 1. The Balaban J connectivity index is 2.10. The van der Waals surface area contributed by atoms with E-state index in [0.29, 0.717) is 5.56 Å². The van der Waals surface area contributed by atoms with Crippen LogP contribution in [-0.4, -0.2) is 5.78 Å². The largest absolute Gasteiger partial charge is 0.289 e. The van der Waals surface area contributed by atoms with Crippen molar-refractivity contribution in [1.82, 2.24) is 0 Å². The van der Waals surface area contributed by atoms with E-state index in [-0.39, 0.29) is 11.3 Å². The number of hydrogen-bond acceptors (Lipinski definition) is 1. The van der Waals surface area contributed by atoms with Crippen molar-refractivity contribution in [3.63, 3.8) is 0 Å². The normalized spacial score (nSPS) is 10.6. The second-order valence-corrected chi connectivity index (χ2v) is 5.11. The molecule has 0 heterocycles. The lowest BCUT2D eigenvalue weighted by molar-refractivity contribution is 0.103. The van der Waals surface area contributed by atoms with Crippen molar-refractivity contribution in [1.29, 1.82) is 0 Å². The van der Waals surface area contributed by atoms with Gasteiger partial charge in [-0.2, -0.15) is 0 Å². The van der Waals surface area contributed by atoms with E-state index >= 15 is 0 Å². The molecule has 110 valence electrons. The fraction of sp³-hybridized carbons (Fsp3) is 0.278. The molecule has 21 heavy (non-hydrogen) atoms. The molecule has 0 unspecified atom stereocenters. The van der Waals surface area contributed by atoms with Gasteiger partial charge in [0.25, 0.3) is 0 Å². The minimum Gasteiger partial charge on any atom is -0.289 e. The molecular weight excluding hydrogens is 270 g/mol. The average molecular weight is 288 g/mol. The van der Waals surface area contributed by atoms with Crippen LogP contribution in [0, 0.1) is 11.6 Å². The molecule has 2 rings (SSSR count). The quantitative estimate of drug-likeness (QED) is 0.544. The molecule has 0 saturated heterocycles. The molecule has 0 fully saturated rings. The number of hydrogen-bond donors (Lipinski definition) is 0. The van der Waals surface area contributed by atoms with Crippen LogP contribution in [0.2, 0.25) is 0 Å². The number of benzene rings is 2. The maximum Gasteiger partial charge on any atom is 0.193 e. The maximum absolute atomic E-state index is 13.2. The number of ketones is 1. The van der Waals surface area contributed by atoms with Crippen LogP contribution < -0.4 is 0 Å². The summed E-state index contributed by atoms with van der Waals surface area (Å²) in [4.78, 5) is 12.2. The van der Waals surface area contributed by atoms with Crippen molar-refractivity contribution < 1.29 is 13.6 Å². The molecule has 2 aromatic rings. The van der Waals surface area contributed by atoms with Gasteiger partial charge < -0.3 is 0 Å². The molecule has 2 aromatic carbocycles. The zero-order valence-electron chi connectivity index (χ0n) is 12.0. The minimum absolute atomic E-state index is 0.160. The van der Waals surface area contributed by atoms with Gasteiger partial charge in [-0.15, -0.1) is 0 Å².